The molecule has 0 saturated heterocycles. The Morgan fingerprint density at radius 2 is 2.33 bits per heavy atom. The standard InChI is InChI=1S/C17H17N5OS/c1-9-6-11-13(18)3-5-24-15(11)7-10(9)17(23)21-14-2-4-19-16-12(14)8-20-22-16/h2,4,6-8,13H,3,5,18H2,1H3,(H2,19,20,21,22,23)/t13-/m1/s1. The number of aromatic nitrogens is 3. The third-order valence-electron chi connectivity index (χ3n) is 4.29. The molecule has 1 aromatic carbocycles. The lowest BCUT2D eigenvalue weighted by Crippen LogP contribution is -2.19. The van der Waals surface area contributed by atoms with Gasteiger partial charge in [0.25, 0.3) is 5.91 Å². The number of hydrogen-bond acceptors (Lipinski definition) is 5. The number of rotatable bonds is 2. The van der Waals surface area contributed by atoms with Crippen molar-refractivity contribution >= 4 is 34.4 Å². The van der Waals surface area contributed by atoms with Crippen LogP contribution in [0.25, 0.3) is 11.0 Å². The summed E-state index contributed by atoms with van der Waals surface area (Å²) in [6.45, 7) is 1.95. The summed E-state index contributed by atoms with van der Waals surface area (Å²) in [6.07, 6.45) is 4.27. The minimum atomic E-state index is -0.135. The first-order valence-electron chi connectivity index (χ1n) is 7.76. The van der Waals surface area contributed by atoms with Crippen molar-refractivity contribution in [2.24, 2.45) is 5.73 Å². The van der Waals surface area contributed by atoms with Crippen LogP contribution in [0.15, 0.2) is 35.5 Å². The van der Waals surface area contributed by atoms with Crippen molar-refractivity contribution in [3.05, 3.63) is 47.3 Å². The highest BCUT2D eigenvalue weighted by Crippen LogP contribution is 2.36. The molecule has 0 spiro atoms. The predicted octanol–water partition coefficient (Wildman–Crippen LogP) is 3.01. The van der Waals surface area contributed by atoms with Gasteiger partial charge in [0.05, 0.1) is 17.3 Å². The Morgan fingerprint density at radius 1 is 1.46 bits per heavy atom. The van der Waals surface area contributed by atoms with Crippen molar-refractivity contribution in [2.75, 3.05) is 11.1 Å². The number of thioether (sulfide) groups is 1. The molecule has 1 aliphatic heterocycles. The molecule has 0 aliphatic carbocycles. The molecule has 1 amide bonds. The average Bonchev–Trinajstić information content (AvgIpc) is 3.05. The van der Waals surface area contributed by atoms with Gasteiger partial charge in [-0.05, 0) is 42.4 Å². The molecule has 6 nitrogen and oxygen atoms in total. The molecule has 4 rings (SSSR count). The number of amides is 1. The lowest BCUT2D eigenvalue weighted by atomic mass is 9.98. The Morgan fingerprint density at radius 3 is 3.21 bits per heavy atom. The highest BCUT2D eigenvalue weighted by atomic mass is 32.2. The van der Waals surface area contributed by atoms with Crippen molar-refractivity contribution < 1.29 is 4.79 Å². The second-order valence-corrected chi connectivity index (χ2v) is 7.03. The van der Waals surface area contributed by atoms with Gasteiger partial charge in [-0.25, -0.2) is 4.98 Å². The Hall–Kier alpha value is -2.38. The summed E-state index contributed by atoms with van der Waals surface area (Å²) in [7, 11) is 0. The molecular weight excluding hydrogens is 322 g/mol. The Kier molecular flexibility index (Phi) is 3.74. The molecule has 0 saturated carbocycles. The maximum Gasteiger partial charge on any atom is 0.255 e. The molecule has 1 atom stereocenters. The second-order valence-electron chi connectivity index (χ2n) is 5.89. The molecule has 4 N–H and O–H groups in total. The predicted molar refractivity (Wildman–Crippen MR) is 95.3 cm³/mol. The van der Waals surface area contributed by atoms with Crippen molar-refractivity contribution in [2.45, 2.75) is 24.3 Å². The normalized spacial score (nSPS) is 16.8. The number of hydrogen-bond donors (Lipinski definition) is 3. The van der Waals surface area contributed by atoms with Crippen LogP contribution >= 0.6 is 11.8 Å². The van der Waals surface area contributed by atoms with Crippen LogP contribution in [0.1, 0.15) is 33.9 Å². The number of carbonyl (C=O) groups is 1. The first-order chi connectivity index (χ1) is 11.6. The monoisotopic (exact) mass is 339 g/mol. The summed E-state index contributed by atoms with van der Waals surface area (Å²) in [5.74, 6) is 0.849. The van der Waals surface area contributed by atoms with Crippen LogP contribution in [-0.2, 0) is 0 Å². The number of carbonyl (C=O) groups excluding carboxylic acids is 1. The minimum absolute atomic E-state index is 0.0582. The summed E-state index contributed by atoms with van der Waals surface area (Å²) in [4.78, 5) is 18.0. The number of anilines is 1. The molecule has 3 aromatic rings. The van der Waals surface area contributed by atoms with Gasteiger partial charge in [0.2, 0.25) is 0 Å². The molecule has 1 aliphatic rings. The lowest BCUT2D eigenvalue weighted by molar-refractivity contribution is 0.102. The van der Waals surface area contributed by atoms with Crippen molar-refractivity contribution in [1.29, 1.82) is 0 Å². The van der Waals surface area contributed by atoms with E-state index >= 15 is 0 Å². The quantitative estimate of drug-likeness (QED) is 0.667. The van der Waals surface area contributed by atoms with Gasteiger partial charge in [0.1, 0.15) is 0 Å². The minimum Gasteiger partial charge on any atom is -0.324 e. The Balaban J connectivity index is 1.69. The van der Waals surface area contributed by atoms with Crippen molar-refractivity contribution in [1.82, 2.24) is 15.2 Å². The first-order valence-corrected chi connectivity index (χ1v) is 8.74. The maximum atomic E-state index is 12.8. The van der Waals surface area contributed by atoms with E-state index in [9.17, 15) is 4.79 Å². The van der Waals surface area contributed by atoms with Crippen LogP contribution in [0.2, 0.25) is 0 Å². The fraction of sp³-hybridized carbons (Fsp3) is 0.235. The third kappa shape index (κ3) is 2.55. The molecule has 3 heterocycles. The number of fused-ring (bicyclic) bond motifs is 2. The maximum absolute atomic E-state index is 12.8. The number of benzene rings is 1. The average molecular weight is 339 g/mol. The Labute approximate surface area is 143 Å². The van der Waals surface area contributed by atoms with Gasteiger partial charge in [-0.1, -0.05) is 6.07 Å². The molecule has 2 aromatic heterocycles. The number of nitrogens with one attached hydrogen (secondary N) is 2. The summed E-state index contributed by atoms with van der Waals surface area (Å²) in [6, 6.07) is 5.83. The second kappa shape index (κ2) is 5.92. The van der Waals surface area contributed by atoms with Gasteiger partial charge >= 0.3 is 0 Å². The molecule has 0 radical (unpaired) electrons. The van der Waals surface area contributed by atoms with Gasteiger partial charge in [-0.3, -0.25) is 9.89 Å². The van der Waals surface area contributed by atoms with Gasteiger partial charge in [-0.2, -0.15) is 5.10 Å². The number of nitrogens with two attached hydrogens (primary N) is 1. The number of H-pyrrole nitrogens is 1. The molecule has 7 heteroatoms. The van der Waals surface area contributed by atoms with E-state index in [4.69, 9.17) is 5.73 Å². The molecular formula is C17H17N5OS. The fourth-order valence-electron chi connectivity index (χ4n) is 2.97. The first kappa shape index (κ1) is 15.2. The van der Waals surface area contributed by atoms with E-state index in [0.717, 1.165) is 33.6 Å². The summed E-state index contributed by atoms with van der Waals surface area (Å²) in [5, 5.41) is 10.5. The highest BCUT2D eigenvalue weighted by Gasteiger charge is 2.21. The SMILES string of the molecule is Cc1cc2c(cc1C(=O)Nc1ccnc3[nH]ncc13)SCC[C@H]2N. The van der Waals surface area contributed by atoms with Crippen LogP contribution in [0.5, 0.6) is 0 Å². The zero-order valence-corrected chi connectivity index (χ0v) is 14.0. The van der Waals surface area contributed by atoms with Gasteiger partial charge < -0.3 is 11.1 Å². The number of pyridine rings is 1. The third-order valence-corrected chi connectivity index (χ3v) is 5.39. The molecule has 122 valence electrons. The van der Waals surface area contributed by atoms with Crippen LogP contribution in [0.3, 0.4) is 0 Å². The van der Waals surface area contributed by atoms with E-state index in [0.29, 0.717) is 16.9 Å². The van der Waals surface area contributed by atoms with E-state index in [-0.39, 0.29) is 11.9 Å². The zero-order valence-electron chi connectivity index (χ0n) is 13.2. The van der Waals surface area contributed by atoms with Crippen molar-refractivity contribution in [3.8, 4) is 0 Å². The van der Waals surface area contributed by atoms with Gasteiger partial charge in [0.15, 0.2) is 5.65 Å². The number of aryl methyl sites for hydroxylation is 1. The fourth-order valence-corrected chi connectivity index (χ4v) is 4.14. The lowest BCUT2D eigenvalue weighted by Gasteiger charge is -2.23. The van der Waals surface area contributed by atoms with Crippen molar-refractivity contribution in [3.63, 3.8) is 0 Å². The number of nitrogens with zero attached hydrogens (tertiary/aromatic N) is 2. The summed E-state index contributed by atoms with van der Waals surface area (Å²) >= 11 is 1.76. The summed E-state index contributed by atoms with van der Waals surface area (Å²) in [5.41, 5.74) is 10.3. The summed E-state index contributed by atoms with van der Waals surface area (Å²) < 4.78 is 0. The molecule has 0 bridgehead atoms. The van der Waals surface area contributed by atoms with Crippen LogP contribution in [0, 0.1) is 6.92 Å². The Bertz CT molecular complexity index is 936. The molecule has 0 fully saturated rings. The highest BCUT2D eigenvalue weighted by molar-refractivity contribution is 7.99. The largest absolute Gasteiger partial charge is 0.324 e. The molecule has 24 heavy (non-hydrogen) atoms. The van der Waals surface area contributed by atoms with Crippen LogP contribution in [0.4, 0.5) is 5.69 Å². The molecule has 0 unspecified atom stereocenters. The van der Waals surface area contributed by atoms with Crippen LogP contribution in [-0.4, -0.2) is 26.8 Å². The zero-order chi connectivity index (χ0) is 16.7. The number of aromatic amines is 1. The van der Waals surface area contributed by atoms with Crippen LogP contribution < -0.4 is 11.1 Å². The van der Waals surface area contributed by atoms with E-state index in [2.05, 4.69) is 20.5 Å². The van der Waals surface area contributed by atoms with E-state index < -0.39 is 0 Å². The van der Waals surface area contributed by atoms with Gasteiger partial charge in [0, 0.05) is 22.7 Å². The van der Waals surface area contributed by atoms with E-state index in [1.807, 2.05) is 19.1 Å². The van der Waals surface area contributed by atoms with Gasteiger partial charge in [-0.15, -0.1) is 11.8 Å². The topological polar surface area (TPSA) is 96.7 Å². The smallest absolute Gasteiger partial charge is 0.255 e. The van der Waals surface area contributed by atoms with E-state index in [1.54, 1.807) is 30.2 Å². The van der Waals surface area contributed by atoms with E-state index in [1.165, 1.54) is 0 Å².